The number of carbonyl (C=O) groups is 2. The quantitative estimate of drug-likeness (QED) is 0.879. The summed E-state index contributed by atoms with van der Waals surface area (Å²) >= 11 is 0. The number of nitrogens with one attached hydrogen (secondary N) is 2. The molecule has 1 heterocycles. The molecular formula is C15H14FN3O3. The molecule has 0 bridgehead atoms. The number of aromatic nitrogens is 1. The van der Waals surface area contributed by atoms with E-state index >= 15 is 0 Å². The molecule has 0 aliphatic rings. The first-order valence-corrected chi connectivity index (χ1v) is 6.42. The van der Waals surface area contributed by atoms with Gasteiger partial charge < -0.3 is 15.4 Å². The minimum absolute atomic E-state index is 0.206. The Kier molecular flexibility index (Phi) is 5.02. The van der Waals surface area contributed by atoms with Gasteiger partial charge in [0.05, 0.1) is 25.5 Å². The number of ether oxygens (including phenoxy) is 1. The normalized spacial score (nSPS) is 9.91. The highest BCUT2D eigenvalue weighted by Gasteiger charge is 2.08. The summed E-state index contributed by atoms with van der Waals surface area (Å²) in [5, 5.41) is 5.02. The van der Waals surface area contributed by atoms with Crippen LogP contribution in [-0.2, 0) is 4.79 Å². The second-order valence-electron chi connectivity index (χ2n) is 4.33. The van der Waals surface area contributed by atoms with Crippen molar-refractivity contribution in [2.24, 2.45) is 0 Å². The first-order chi connectivity index (χ1) is 10.6. The summed E-state index contributed by atoms with van der Waals surface area (Å²) < 4.78 is 17.7. The lowest BCUT2D eigenvalue weighted by atomic mass is 10.2. The van der Waals surface area contributed by atoms with Crippen molar-refractivity contribution in [3.63, 3.8) is 0 Å². The smallest absolute Gasteiger partial charge is 0.251 e. The van der Waals surface area contributed by atoms with Gasteiger partial charge in [-0.1, -0.05) is 0 Å². The van der Waals surface area contributed by atoms with Crippen LogP contribution in [0.25, 0.3) is 0 Å². The highest BCUT2D eigenvalue weighted by molar-refractivity contribution is 5.99. The van der Waals surface area contributed by atoms with Crippen molar-refractivity contribution >= 4 is 17.5 Å². The molecule has 2 rings (SSSR count). The Balaban J connectivity index is 1.84. The Morgan fingerprint density at radius 2 is 1.91 bits per heavy atom. The van der Waals surface area contributed by atoms with Crippen LogP contribution in [0.5, 0.6) is 5.88 Å². The zero-order chi connectivity index (χ0) is 15.9. The minimum atomic E-state index is -0.456. The number of pyridine rings is 1. The van der Waals surface area contributed by atoms with Crippen LogP contribution in [0, 0.1) is 5.82 Å². The molecule has 2 N–H and O–H groups in total. The van der Waals surface area contributed by atoms with Crippen molar-refractivity contribution in [1.29, 1.82) is 0 Å². The molecule has 114 valence electrons. The molecule has 6 nitrogen and oxygen atoms in total. The topological polar surface area (TPSA) is 80.3 Å². The number of methoxy groups -OCH3 is 1. The third-order valence-electron chi connectivity index (χ3n) is 2.75. The third-order valence-corrected chi connectivity index (χ3v) is 2.75. The van der Waals surface area contributed by atoms with Crippen molar-refractivity contribution in [2.75, 3.05) is 19.0 Å². The van der Waals surface area contributed by atoms with Gasteiger partial charge in [-0.3, -0.25) is 9.59 Å². The molecule has 0 radical (unpaired) electrons. The Morgan fingerprint density at radius 3 is 2.50 bits per heavy atom. The zero-order valence-electron chi connectivity index (χ0n) is 11.8. The van der Waals surface area contributed by atoms with Crippen LogP contribution in [0.1, 0.15) is 10.4 Å². The van der Waals surface area contributed by atoms with E-state index in [9.17, 15) is 14.0 Å². The molecule has 0 unspecified atom stereocenters. The van der Waals surface area contributed by atoms with Crippen molar-refractivity contribution < 1.29 is 18.7 Å². The van der Waals surface area contributed by atoms with E-state index in [1.165, 1.54) is 37.6 Å². The van der Waals surface area contributed by atoms with Crippen LogP contribution in [0.4, 0.5) is 10.1 Å². The van der Waals surface area contributed by atoms with Crippen molar-refractivity contribution in [1.82, 2.24) is 10.3 Å². The number of hydrogen-bond donors (Lipinski definition) is 2. The van der Waals surface area contributed by atoms with Crippen LogP contribution in [0.2, 0.25) is 0 Å². The fourth-order valence-electron chi connectivity index (χ4n) is 1.64. The highest BCUT2D eigenvalue weighted by Crippen LogP contribution is 2.10. The minimum Gasteiger partial charge on any atom is -0.481 e. The maximum Gasteiger partial charge on any atom is 0.251 e. The first-order valence-electron chi connectivity index (χ1n) is 6.42. The van der Waals surface area contributed by atoms with Crippen molar-refractivity contribution in [3.05, 3.63) is 54.0 Å². The standard InChI is InChI=1S/C15H14FN3O3/c1-22-14-7-6-12(8-17-14)19-13(20)9-18-15(21)10-2-4-11(16)5-3-10/h2-8H,9H2,1H3,(H,18,21)(H,19,20). The van der Waals surface area contributed by atoms with E-state index in [1.807, 2.05) is 0 Å². The molecule has 1 aromatic carbocycles. The van der Waals surface area contributed by atoms with E-state index in [2.05, 4.69) is 15.6 Å². The Bertz CT molecular complexity index is 657. The molecule has 0 atom stereocenters. The van der Waals surface area contributed by atoms with Gasteiger partial charge in [0.25, 0.3) is 5.91 Å². The molecule has 2 amide bonds. The van der Waals surface area contributed by atoms with Crippen LogP contribution >= 0.6 is 0 Å². The molecule has 0 aliphatic carbocycles. The molecule has 0 saturated heterocycles. The van der Waals surface area contributed by atoms with Gasteiger partial charge in [0.15, 0.2) is 0 Å². The molecule has 22 heavy (non-hydrogen) atoms. The van der Waals surface area contributed by atoms with Crippen molar-refractivity contribution in [2.45, 2.75) is 0 Å². The maximum atomic E-state index is 12.7. The van der Waals surface area contributed by atoms with Gasteiger partial charge in [-0.25, -0.2) is 9.37 Å². The van der Waals surface area contributed by atoms with E-state index in [-0.39, 0.29) is 12.1 Å². The molecule has 2 aromatic rings. The Hall–Kier alpha value is -2.96. The second kappa shape index (κ2) is 7.16. The lowest BCUT2D eigenvalue weighted by molar-refractivity contribution is -0.115. The summed E-state index contributed by atoms with van der Waals surface area (Å²) in [5.41, 5.74) is 0.766. The summed E-state index contributed by atoms with van der Waals surface area (Å²) in [5.74, 6) is -0.852. The van der Waals surface area contributed by atoms with Gasteiger partial charge >= 0.3 is 0 Å². The van der Waals surface area contributed by atoms with E-state index < -0.39 is 17.6 Å². The number of rotatable bonds is 5. The second-order valence-corrected chi connectivity index (χ2v) is 4.33. The van der Waals surface area contributed by atoms with E-state index in [0.717, 1.165) is 0 Å². The summed E-state index contributed by atoms with van der Waals surface area (Å²) in [7, 11) is 1.49. The predicted molar refractivity (Wildman–Crippen MR) is 78.2 cm³/mol. The zero-order valence-corrected chi connectivity index (χ0v) is 11.8. The fourth-order valence-corrected chi connectivity index (χ4v) is 1.64. The molecule has 0 fully saturated rings. The summed E-state index contributed by atoms with van der Waals surface area (Å²) in [4.78, 5) is 27.4. The monoisotopic (exact) mass is 303 g/mol. The molecule has 0 saturated carbocycles. The van der Waals surface area contributed by atoms with Gasteiger partial charge in [-0.15, -0.1) is 0 Å². The summed E-state index contributed by atoms with van der Waals surface area (Å²) in [6.07, 6.45) is 1.44. The predicted octanol–water partition coefficient (Wildman–Crippen LogP) is 1.60. The molecule has 7 heteroatoms. The maximum absolute atomic E-state index is 12.7. The molecular weight excluding hydrogens is 289 g/mol. The summed E-state index contributed by atoms with van der Waals surface area (Å²) in [6.45, 7) is -0.206. The van der Waals surface area contributed by atoms with Crippen LogP contribution in [0.15, 0.2) is 42.6 Å². The Morgan fingerprint density at radius 1 is 1.18 bits per heavy atom. The van der Waals surface area contributed by atoms with Crippen LogP contribution in [0.3, 0.4) is 0 Å². The highest BCUT2D eigenvalue weighted by atomic mass is 19.1. The van der Waals surface area contributed by atoms with Gasteiger partial charge in [0.2, 0.25) is 11.8 Å². The lowest BCUT2D eigenvalue weighted by Gasteiger charge is -2.07. The van der Waals surface area contributed by atoms with Gasteiger partial charge in [-0.2, -0.15) is 0 Å². The average molecular weight is 303 g/mol. The largest absolute Gasteiger partial charge is 0.481 e. The van der Waals surface area contributed by atoms with Gasteiger partial charge in [0, 0.05) is 11.6 Å². The Labute approximate surface area is 126 Å². The lowest BCUT2D eigenvalue weighted by Crippen LogP contribution is -2.32. The van der Waals surface area contributed by atoms with Gasteiger partial charge in [-0.05, 0) is 30.3 Å². The fraction of sp³-hybridized carbons (Fsp3) is 0.133. The van der Waals surface area contributed by atoms with E-state index in [1.54, 1.807) is 12.1 Å². The van der Waals surface area contributed by atoms with E-state index in [0.29, 0.717) is 11.6 Å². The number of amides is 2. The molecule has 0 aliphatic heterocycles. The average Bonchev–Trinajstić information content (AvgIpc) is 2.54. The number of nitrogens with zero attached hydrogens (tertiary/aromatic N) is 1. The SMILES string of the molecule is COc1ccc(NC(=O)CNC(=O)c2ccc(F)cc2)cn1. The third kappa shape index (κ3) is 4.27. The number of anilines is 1. The number of hydrogen-bond acceptors (Lipinski definition) is 4. The number of halogens is 1. The first kappa shape index (κ1) is 15.4. The van der Waals surface area contributed by atoms with E-state index in [4.69, 9.17) is 4.74 Å². The van der Waals surface area contributed by atoms with Gasteiger partial charge in [0.1, 0.15) is 5.82 Å². The molecule has 1 aromatic heterocycles. The number of benzene rings is 1. The van der Waals surface area contributed by atoms with Crippen LogP contribution < -0.4 is 15.4 Å². The van der Waals surface area contributed by atoms with Crippen molar-refractivity contribution in [3.8, 4) is 5.88 Å². The molecule has 0 spiro atoms. The van der Waals surface area contributed by atoms with Crippen LogP contribution in [-0.4, -0.2) is 30.5 Å². The number of carbonyl (C=O) groups excluding carboxylic acids is 2. The summed E-state index contributed by atoms with van der Waals surface area (Å²) in [6, 6.07) is 8.28.